The van der Waals surface area contributed by atoms with E-state index < -0.39 is 74.3 Å². The van der Waals surface area contributed by atoms with E-state index in [9.17, 15) is 0 Å². The largest absolute Gasteiger partial charge is 0.394 e. The molecule has 1 aliphatic carbocycles. The zero-order valence-corrected chi connectivity index (χ0v) is 12.6. The summed E-state index contributed by atoms with van der Waals surface area (Å²) in [6.45, 7) is -1.45. The van der Waals surface area contributed by atoms with Gasteiger partial charge in [0.05, 0.1) is 13.2 Å². The van der Waals surface area contributed by atoms with E-state index in [4.69, 9.17) is 61.3 Å². The van der Waals surface area contributed by atoms with Crippen molar-refractivity contribution in [2.24, 2.45) is 0 Å². The van der Waals surface area contributed by atoms with Crippen LogP contribution in [0.1, 0.15) is 0 Å². The van der Waals surface area contributed by atoms with Gasteiger partial charge in [-0.2, -0.15) is 0 Å². The van der Waals surface area contributed by atoms with E-state index in [2.05, 4.69) is 0 Å². The molecule has 0 aliphatic heterocycles. The summed E-state index contributed by atoms with van der Waals surface area (Å²) in [5.41, 5.74) is 0. The molecule has 12 N–H and O–H groups in total. The van der Waals surface area contributed by atoms with Gasteiger partial charge in [-0.3, -0.25) is 0 Å². The molecule has 0 heterocycles. The van der Waals surface area contributed by atoms with Crippen molar-refractivity contribution in [3.8, 4) is 0 Å². The van der Waals surface area contributed by atoms with Crippen molar-refractivity contribution in [2.45, 2.75) is 61.0 Å². The van der Waals surface area contributed by atoms with E-state index >= 15 is 0 Å². The van der Waals surface area contributed by atoms with Crippen LogP contribution in [0.15, 0.2) is 0 Å². The van der Waals surface area contributed by atoms with Gasteiger partial charge in [-0.15, -0.1) is 0 Å². The lowest BCUT2D eigenvalue weighted by Gasteiger charge is -2.39. The Morgan fingerprint density at radius 3 is 0.750 bits per heavy atom. The molecule has 0 spiro atoms. The van der Waals surface area contributed by atoms with Crippen LogP contribution in [0.3, 0.4) is 0 Å². The Morgan fingerprint density at radius 2 is 0.625 bits per heavy atom. The molecule has 24 heavy (non-hydrogen) atoms. The van der Waals surface area contributed by atoms with Gasteiger partial charge in [0.25, 0.3) is 0 Å². The molecular weight excluding hydrogens is 336 g/mol. The van der Waals surface area contributed by atoms with Crippen LogP contribution >= 0.6 is 0 Å². The Bertz CT molecular complexity index is 263. The van der Waals surface area contributed by atoms with Crippen LogP contribution in [0.5, 0.6) is 0 Å². The third-order valence-electron chi connectivity index (χ3n) is 3.61. The zero-order valence-electron chi connectivity index (χ0n) is 12.6. The molecule has 0 saturated heterocycles. The number of aliphatic hydroxyl groups excluding tert-OH is 12. The number of hydrogen-bond donors (Lipinski definition) is 12. The summed E-state index contributed by atoms with van der Waals surface area (Å²) in [7, 11) is 0. The van der Waals surface area contributed by atoms with Crippen LogP contribution in [0.25, 0.3) is 0 Å². The first-order valence-electron chi connectivity index (χ1n) is 7.03. The highest BCUT2D eigenvalue weighted by Crippen LogP contribution is 2.20. The first-order valence-corrected chi connectivity index (χ1v) is 7.03. The van der Waals surface area contributed by atoms with Gasteiger partial charge in [0, 0.05) is 0 Å². The number of aliphatic hydroxyl groups is 12. The van der Waals surface area contributed by atoms with Crippen LogP contribution in [0.2, 0.25) is 0 Å². The normalized spacial score (nSPS) is 38.5. The molecule has 4 atom stereocenters. The summed E-state index contributed by atoms with van der Waals surface area (Å²) in [4.78, 5) is 0. The second-order valence-electron chi connectivity index (χ2n) is 5.42. The zero-order chi connectivity index (χ0) is 19.2. The molecule has 1 saturated carbocycles. The minimum atomic E-state index is -1.67. The molecule has 1 rings (SSSR count). The van der Waals surface area contributed by atoms with Crippen LogP contribution in [-0.2, 0) is 0 Å². The van der Waals surface area contributed by atoms with Gasteiger partial charge in [-0.05, 0) is 0 Å². The first kappa shape index (κ1) is 23.5. The summed E-state index contributed by atoms with van der Waals surface area (Å²) in [5.74, 6) is 0. The fourth-order valence-corrected chi connectivity index (χ4v) is 1.88. The molecular formula is C12H26O12. The second-order valence-corrected chi connectivity index (χ2v) is 5.42. The Morgan fingerprint density at radius 1 is 0.458 bits per heavy atom. The lowest BCUT2D eigenvalue weighted by molar-refractivity contribution is -0.223. The van der Waals surface area contributed by atoms with Crippen molar-refractivity contribution >= 4 is 0 Å². The Kier molecular flexibility index (Phi) is 10.3. The SMILES string of the molecule is OC[C@@H](O)[C@@H](O)[C@H](O)[C@H](O)CO.O[C@H]1[C@H](O)[C@@H](O)[C@H](O)[C@@H](O)[C@H]1O. The van der Waals surface area contributed by atoms with Gasteiger partial charge >= 0.3 is 0 Å². The Labute approximate surface area is 136 Å². The maximum atomic E-state index is 8.97. The molecule has 0 bridgehead atoms. The van der Waals surface area contributed by atoms with Gasteiger partial charge in [-0.25, -0.2) is 0 Å². The first-order chi connectivity index (χ1) is 11.0. The van der Waals surface area contributed by atoms with Crippen molar-refractivity contribution in [3.05, 3.63) is 0 Å². The van der Waals surface area contributed by atoms with E-state index in [1.165, 1.54) is 0 Å². The lowest BCUT2D eigenvalue weighted by atomic mass is 9.85. The van der Waals surface area contributed by atoms with Crippen molar-refractivity contribution in [1.82, 2.24) is 0 Å². The highest BCUT2D eigenvalue weighted by molar-refractivity contribution is 4.98. The Hall–Kier alpha value is -0.480. The molecule has 1 fully saturated rings. The summed E-state index contributed by atoms with van der Waals surface area (Å²) >= 11 is 0. The van der Waals surface area contributed by atoms with Gasteiger partial charge in [0.2, 0.25) is 0 Å². The predicted molar refractivity (Wildman–Crippen MR) is 74.2 cm³/mol. The smallest absolute Gasteiger partial charge is 0.111 e. The van der Waals surface area contributed by atoms with E-state index in [0.717, 1.165) is 0 Å². The molecule has 0 aromatic carbocycles. The van der Waals surface area contributed by atoms with Crippen LogP contribution < -0.4 is 0 Å². The van der Waals surface area contributed by atoms with Crippen molar-refractivity contribution in [2.75, 3.05) is 13.2 Å². The predicted octanol–water partition coefficient (Wildman–Crippen LogP) is -7.42. The van der Waals surface area contributed by atoms with Gasteiger partial charge < -0.3 is 61.3 Å². The van der Waals surface area contributed by atoms with Gasteiger partial charge in [-0.1, -0.05) is 0 Å². The maximum absolute atomic E-state index is 8.97. The summed E-state index contributed by atoms with van der Waals surface area (Å²) < 4.78 is 0. The quantitative estimate of drug-likeness (QED) is 0.218. The highest BCUT2D eigenvalue weighted by atomic mass is 16.4. The van der Waals surface area contributed by atoms with Gasteiger partial charge in [0.1, 0.15) is 61.0 Å². The summed E-state index contributed by atoms with van der Waals surface area (Å²) in [6, 6.07) is 0. The molecule has 1 aliphatic rings. The van der Waals surface area contributed by atoms with Crippen LogP contribution in [0, 0.1) is 0 Å². The molecule has 0 amide bonds. The number of rotatable bonds is 5. The maximum Gasteiger partial charge on any atom is 0.111 e. The minimum Gasteiger partial charge on any atom is -0.394 e. The Balaban J connectivity index is 0.000000441. The molecule has 0 aromatic heterocycles. The monoisotopic (exact) mass is 362 g/mol. The topological polar surface area (TPSA) is 243 Å². The van der Waals surface area contributed by atoms with Crippen molar-refractivity contribution in [3.63, 3.8) is 0 Å². The van der Waals surface area contributed by atoms with E-state index in [0.29, 0.717) is 0 Å². The standard InChI is InChI=1S/C6H12O6.C6H14O6/c7-1-2(8)4(10)6(12)5(11)3(1)9;7-1-3(9)5(11)6(12)4(10)2-8/h1-12H;3-12H,1-2H2/t1-,2-,3-,4+,5-,6-;3-,4-,5-,6-/m.1/s1. The third kappa shape index (κ3) is 5.80. The second kappa shape index (κ2) is 10.5. The molecule has 12 heteroatoms. The molecule has 146 valence electrons. The van der Waals surface area contributed by atoms with Crippen LogP contribution in [0.4, 0.5) is 0 Å². The molecule has 12 nitrogen and oxygen atoms in total. The van der Waals surface area contributed by atoms with E-state index in [1.807, 2.05) is 0 Å². The minimum absolute atomic E-state index is 0.726. The summed E-state index contributed by atoms with van der Waals surface area (Å²) in [5, 5.41) is 106. The average Bonchev–Trinajstić information content (AvgIpc) is 2.60. The van der Waals surface area contributed by atoms with E-state index in [-0.39, 0.29) is 0 Å². The fourth-order valence-electron chi connectivity index (χ4n) is 1.88. The third-order valence-corrected chi connectivity index (χ3v) is 3.61. The van der Waals surface area contributed by atoms with Crippen molar-refractivity contribution in [1.29, 1.82) is 0 Å². The number of hydrogen-bond acceptors (Lipinski definition) is 12. The molecule has 0 radical (unpaired) electrons. The lowest BCUT2D eigenvalue weighted by Crippen LogP contribution is -2.63. The summed E-state index contributed by atoms with van der Waals surface area (Å²) in [6.07, 6.45) is -16.2. The average molecular weight is 362 g/mol. The fraction of sp³-hybridized carbons (Fsp3) is 1.00. The highest BCUT2D eigenvalue weighted by Gasteiger charge is 2.47. The molecule has 0 aromatic rings. The van der Waals surface area contributed by atoms with Crippen molar-refractivity contribution < 1.29 is 61.3 Å². The molecule has 0 unspecified atom stereocenters. The van der Waals surface area contributed by atoms with Crippen LogP contribution in [-0.4, -0.2) is 136 Å². The van der Waals surface area contributed by atoms with Gasteiger partial charge in [0.15, 0.2) is 0 Å². The van der Waals surface area contributed by atoms with E-state index in [1.54, 1.807) is 0 Å².